The average molecular weight is 1530 g/mol. The van der Waals surface area contributed by atoms with Crippen LogP contribution >= 0.6 is 0 Å². The van der Waals surface area contributed by atoms with Crippen molar-refractivity contribution in [3.05, 3.63) is 0 Å². The standard InChI is InChI=1S/C84H160N2O21/c1-4-6-8-10-12-14-16-18-20-22-23-24-25-26-27-28-29-30-31-32-33-34-35-36-37-38-39-40-41-42-44-46-48-50-52-54-56-58-71(94)86-65(66(91)57-55-53-51-49-47-45-43-21-19-17-15-13-11-9-7-5-2)63-102-81-76(98)75(97)78(70(62-89)104-81)105-82-77(99)80(74(96)69(61-88)103-82)107-84(83(100)101)59-67(92)72(85-64(3)90)79(106-84)73(95)68(93)60-87/h65-70,72-82,87-89,91-93,95-99H,4-63H2,1-3H3,(H,85,90)(H,86,94)(H,100,101). The maximum absolute atomic E-state index is 13.6. The summed E-state index contributed by atoms with van der Waals surface area (Å²) in [7, 11) is 0. The molecule has 0 spiro atoms. The third-order valence-corrected chi connectivity index (χ3v) is 22.6. The molecule has 0 aromatic heterocycles. The summed E-state index contributed by atoms with van der Waals surface area (Å²) in [5, 5.41) is 137. The van der Waals surface area contributed by atoms with Crippen LogP contribution in [0.5, 0.6) is 0 Å². The normalized spacial score (nSPS) is 25.9. The number of amides is 2. The highest BCUT2D eigenvalue weighted by molar-refractivity contribution is 5.77. The lowest BCUT2D eigenvalue weighted by Crippen LogP contribution is -2.70. The van der Waals surface area contributed by atoms with E-state index in [-0.39, 0.29) is 18.9 Å². The van der Waals surface area contributed by atoms with Gasteiger partial charge in [0.15, 0.2) is 12.6 Å². The van der Waals surface area contributed by atoms with Gasteiger partial charge >= 0.3 is 5.97 Å². The highest BCUT2D eigenvalue weighted by Gasteiger charge is 2.60. The zero-order chi connectivity index (χ0) is 78.1. The molecular formula is C84H160N2O21. The summed E-state index contributed by atoms with van der Waals surface area (Å²) in [5.41, 5.74) is 0. The van der Waals surface area contributed by atoms with E-state index in [0.29, 0.717) is 19.3 Å². The van der Waals surface area contributed by atoms with E-state index in [1.807, 2.05) is 0 Å². The molecule has 3 saturated heterocycles. The van der Waals surface area contributed by atoms with Gasteiger partial charge in [0.1, 0.15) is 67.1 Å². The van der Waals surface area contributed by atoms with Crippen LogP contribution < -0.4 is 10.6 Å². The summed E-state index contributed by atoms with van der Waals surface area (Å²) in [6, 6.07) is -2.53. The molecule has 107 heavy (non-hydrogen) atoms. The highest BCUT2D eigenvalue weighted by atomic mass is 16.8. The number of rotatable bonds is 71. The number of nitrogens with one attached hydrogen (secondary N) is 2. The molecule has 2 amide bonds. The molecule has 0 bridgehead atoms. The van der Waals surface area contributed by atoms with Crippen molar-refractivity contribution in [3.63, 3.8) is 0 Å². The van der Waals surface area contributed by atoms with Gasteiger partial charge in [0.05, 0.1) is 50.7 Å². The average Bonchev–Trinajstić information content (AvgIpc) is 0.754. The second-order valence-electron chi connectivity index (χ2n) is 32.1. The third kappa shape index (κ3) is 42.6. The van der Waals surface area contributed by atoms with Crippen LogP contribution in [0.25, 0.3) is 0 Å². The van der Waals surface area contributed by atoms with Gasteiger partial charge in [-0.3, -0.25) is 9.59 Å². The van der Waals surface area contributed by atoms with Crippen LogP contribution in [-0.2, 0) is 42.8 Å². The SMILES string of the molecule is CCCCCCCCCCCCCCCCCCCCCCCCCCCCCCCCCCCCCCCC(=O)NC(COC1OC(CO)C(OC2OC(CO)C(O)C(OC3(C(=O)O)CC(O)C(NC(C)=O)C(C(O)C(O)CO)O3)C2O)C(O)C1O)C(O)CCCCCCCCCCCCCCCCCC. The monoisotopic (exact) mass is 1530 g/mol. The molecule has 3 heterocycles. The Labute approximate surface area is 646 Å². The van der Waals surface area contributed by atoms with Crippen molar-refractivity contribution in [1.82, 2.24) is 10.6 Å². The van der Waals surface area contributed by atoms with Gasteiger partial charge in [0.2, 0.25) is 11.8 Å². The number of hydrogen-bond acceptors (Lipinski definition) is 20. The predicted octanol–water partition coefficient (Wildman–Crippen LogP) is 13.1. The van der Waals surface area contributed by atoms with Gasteiger partial charge in [-0.25, -0.2) is 4.79 Å². The molecule has 23 heteroatoms. The van der Waals surface area contributed by atoms with E-state index in [2.05, 4.69) is 24.5 Å². The lowest BCUT2D eigenvalue weighted by atomic mass is 9.88. The maximum Gasteiger partial charge on any atom is 0.364 e. The minimum Gasteiger partial charge on any atom is -0.477 e. The molecule has 0 aliphatic carbocycles. The molecular weight excluding hydrogens is 1370 g/mol. The molecule has 18 atom stereocenters. The summed E-state index contributed by atoms with van der Waals surface area (Å²) in [5.74, 6) is -6.09. The molecule has 14 N–H and O–H groups in total. The Morgan fingerprint density at radius 3 is 1.17 bits per heavy atom. The van der Waals surface area contributed by atoms with Crippen molar-refractivity contribution in [2.45, 2.75) is 490 Å². The van der Waals surface area contributed by atoms with Crippen molar-refractivity contribution in [2.24, 2.45) is 0 Å². The molecule has 632 valence electrons. The fraction of sp³-hybridized carbons (Fsp3) is 0.964. The molecule has 3 aliphatic heterocycles. The Morgan fingerprint density at radius 1 is 0.449 bits per heavy atom. The van der Waals surface area contributed by atoms with E-state index in [1.165, 1.54) is 283 Å². The lowest BCUT2D eigenvalue weighted by Gasteiger charge is -2.50. The van der Waals surface area contributed by atoms with Gasteiger partial charge in [-0.15, -0.1) is 0 Å². The van der Waals surface area contributed by atoms with E-state index < -0.39 is 148 Å². The van der Waals surface area contributed by atoms with Crippen molar-refractivity contribution < 1.29 is 104 Å². The van der Waals surface area contributed by atoms with Crippen molar-refractivity contribution in [3.8, 4) is 0 Å². The van der Waals surface area contributed by atoms with Gasteiger partial charge in [0.25, 0.3) is 5.79 Å². The first-order chi connectivity index (χ1) is 51.9. The molecule has 0 aromatic rings. The molecule has 0 aromatic carbocycles. The molecule has 0 radical (unpaired) electrons. The van der Waals surface area contributed by atoms with Crippen LogP contribution in [0.4, 0.5) is 0 Å². The number of aliphatic hydroxyl groups is 11. The number of aliphatic hydroxyl groups excluding tert-OH is 11. The number of carboxylic acid groups (broad SMARTS) is 1. The van der Waals surface area contributed by atoms with Crippen LogP contribution in [0, 0.1) is 0 Å². The van der Waals surface area contributed by atoms with E-state index in [1.54, 1.807) is 0 Å². The molecule has 23 nitrogen and oxygen atoms in total. The van der Waals surface area contributed by atoms with Gasteiger partial charge in [-0.2, -0.15) is 0 Å². The fourth-order valence-electron chi connectivity index (χ4n) is 15.7. The van der Waals surface area contributed by atoms with Gasteiger partial charge in [-0.05, 0) is 12.8 Å². The fourth-order valence-corrected chi connectivity index (χ4v) is 15.7. The Kier molecular flexibility index (Phi) is 58.3. The molecule has 18 unspecified atom stereocenters. The van der Waals surface area contributed by atoms with Crippen molar-refractivity contribution in [1.29, 1.82) is 0 Å². The minimum absolute atomic E-state index is 0.230. The van der Waals surface area contributed by atoms with Gasteiger partial charge in [0, 0.05) is 19.8 Å². The van der Waals surface area contributed by atoms with Gasteiger partial charge < -0.3 is 100 Å². The summed E-state index contributed by atoms with van der Waals surface area (Å²) >= 11 is 0. The Hall–Kier alpha value is -2.27. The highest BCUT2D eigenvalue weighted by Crippen LogP contribution is 2.39. The second-order valence-corrected chi connectivity index (χ2v) is 32.1. The Balaban J connectivity index is 1.40. The smallest absolute Gasteiger partial charge is 0.364 e. The van der Waals surface area contributed by atoms with Gasteiger partial charge in [-0.1, -0.05) is 348 Å². The number of carbonyl (C=O) groups is 3. The lowest BCUT2D eigenvalue weighted by molar-refractivity contribution is -0.386. The van der Waals surface area contributed by atoms with Crippen LogP contribution in [0.3, 0.4) is 0 Å². The zero-order valence-electron chi connectivity index (χ0n) is 67.3. The minimum atomic E-state index is -3.08. The maximum atomic E-state index is 13.6. The molecule has 3 aliphatic rings. The molecule has 3 rings (SSSR count). The molecule has 0 saturated carbocycles. The van der Waals surface area contributed by atoms with Crippen LogP contribution in [0.2, 0.25) is 0 Å². The summed E-state index contributed by atoms with van der Waals surface area (Å²) in [6.45, 7) is 2.27. The first kappa shape index (κ1) is 98.9. The number of hydrogen-bond donors (Lipinski definition) is 14. The first-order valence-corrected chi connectivity index (χ1v) is 43.9. The quantitative estimate of drug-likeness (QED) is 0.0252. The Morgan fingerprint density at radius 2 is 0.813 bits per heavy atom. The van der Waals surface area contributed by atoms with Crippen LogP contribution in [0.15, 0.2) is 0 Å². The Bertz CT molecular complexity index is 2120. The number of aliphatic carboxylic acids is 1. The van der Waals surface area contributed by atoms with E-state index in [9.17, 15) is 75.7 Å². The summed E-state index contributed by atoms with van der Waals surface area (Å²) < 4.78 is 35.0. The number of carbonyl (C=O) groups excluding carboxylic acids is 2. The zero-order valence-corrected chi connectivity index (χ0v) is 67.3. The second kappa shape index (κ2) is 63.1. The summed E-state index contributed by atoms with van der Waals surface area (Å²) in [6.07, 6.45) is 39.9. The van der Waals surface area contributed by atoms with Crippen molar-refractivity contribution in [2.75, 3.05) is 26.4 Å². The van der Waals surface area contributed by atoms with Crippen LogP contribution in [-0.4, -0.2) is 215 Å². The number of unbranched alkanes of at least 4 members (excludes halogenated alkanes) is 51. The van der Waals surface area contributed by atoms with Crippen molar-refractivity contribution >= 4 is 17.8 Å². The third-order valence-electron chi connectivity index (χ3n) is 22.6. The summed E-state index contributed by atoms with van der Waals surface area (Å²) in [4.78, 5) is 38.7. The van der Waals surface area contributed by atoms with Crippen LogP contribution in [0.1, 0.15) is 380 Å². The first-order valence-electron chi connectivity index (χ1n) is 43.9. The largest absolute Gasteiger partial charge is 0.477 e. The van der Waals surface area contributed by atoms with E-state index in [4.69, 9.17) is 28.4 Å². The molecule has 3 fully saturated rings. The van der Waals surface area contributed by atoms with E-state index in [0.717, 1.165) is 51.9 Å². The van der Waals surface area contributed by atoms with E-state index >= 15 is 0 Å². The predicted molar refractivity (Wildman–Crippen MR) is 417 cm³/mol. The number of ether oxygens (including phenoxy) is 6. The number of carboxylic acids is 1. The topological polar surface area (TPSA) is 373 Å².